The first-order valence-electron chi connectivity index (χ1n) is 4.96. The summed E-state index contributed by atoms with van der Waals surface area (Å²) in [5.74, 6) is 0.184. The second-order valence-electron chi connectivity index (χ2n) is 4.82. The van der Waals surface area contributed by atoms with Crippen molar-refractivity contribution < 1.29 is 8.42 Å². The van der Waals surface area contributed by atoms with Gasteiger partial charge in [-0.15, -0.1) is 0 Å². The van der Waals surface area contributed by atoms with Crippen molar-refractivity contribution in [2.24, 2.45) is 0 Å². The lowest BCUT2D eigenvalue weighted by Crippen LogP contribution is -2.27. The second-order valence-corrected chi connectivity index (χ2v) is 6.96. The van der Waals surface area contributed by atoms with Gasteiger partial charge in [-0.2, -0.15) is 0 Å². The van der Waals surface area contributed by atoms with Gasteiger partial charge in [0.1, 0.15) is 9.84 Å². The molecule has 0 fully saturated rings. The minimum Gasteiger partial charge on any atom is -0.229 e. The van der Waals surface area contributed by atoms with E-state index in [9.17, 15) is 8.42 Å². The van der Waals surface area contributed by atoms with E-state index in [0.717, 1.165) is 5.56 Å². The van der Waals surface area contributed by atoms with E-state index < -0.39 is 9.84 Å². The number of rotatable bonds is 3. The average molecular weight is 226 g/mol. The van der Waals surface area contributed by atoms with E-state index >= 15 is 0 Å². The first kappa shape index (κ1) is 12.2. The van der Waals surface area contributed by atoms with Crippen molar-refractivity contribution >= 4 is 9.84 Å². The van der Waals surface area contributed by atoms with Crippen LogP contribution in [0.4, 0.5) is 0 Å². The van der Waals surface area contributed by atoms with Crippen LogP contribution in [-0.4, -0.2) is 20.4 Å². The summed E-state index contributed by atoms with van der Waals surface area (Å²) in [6, 6.07) is 8.03. The monoisotopic (exact) mass is 226 g/mol. The fraction of sp³-hybridized carbons (Fsp3) is 0.500. The maximum atomic E-state index is 11.3. The molecule has 1 aromatic rings. The smallest absolute Gasteiger partial charge is 0.148 e. The molecule has 0 saturated heterocycles. The fourth-order valence-electron chi connectivity index (χ4n) is 1.74. The Labute approximate surface area is 92.2 Å². The zero-order valence-corrected chi connectivity index (χ0v) is 10.6. The Balaban J connectivity index is 3.00. The van der Waals surface area contributed by atoms with Crippen LogP contribution in [0.2, 0.25) is 0 Å². The number of hydrogen-bond acceptors (Lipinski definition) is 2. The molecule has 0 unspecified atom stereocenters. The van der Waals surface area contributed by atoms with Crippen LogP contribution >= 0.6 is 0 Å². The van der Waals surface area contributed by atoms with E-state index in [1.165, 1.54) is 11.8 Å². The minimum absolute atomic E-state index is 0.184. The molecule has 0 N–H and O–H groups in total. The molecule has 0 heterocycles. The summed E-state index contributed by atoms with van der Waals surface area (Å²) in [7, 11) is -2.94. The highest BCUT2D eigenvalue weighted by atomic mass is 32.2. The molecular formula is C12H18O2S. The largest absolute Gasteiger partial charge is 0.229 e. The van der Waals surface area contributed by atoms with Crippen LogP contribution in [0.5, 0.6) is 0 Å². The number of hydrogen-bond donors (Lipinski definition) is 0. The summed E-state index contributed by atoms with van der Waals surface area (Å²) in [6.07, 6.45) is 1.28. The molecule has 0 amide bonds. The summed E-state index contributed by atoms with van der Waals surface area (Å²) in [4.78, 5) is 0. The molecule has 0 atom stereocenters. The lowest BCUT2D eigenvalue weighted by Gasteiger charge is -2.24. The molecule has 1 rings (SSSR count). The van der Waals surface area contributed by atoms with Gasteiger partial charge in [0.05, 0.1) is 5.75 Å². The van der Waals surface area contributed by atoms with Crippen molar-refractivity contribution in [2.75, 3.05) is 12.0 Å². The minimum atomic E-state index is -2.94. The van der Waals surface area contributed by atoms with Crippen molar-refractivity contribution in [2.45, 2.75) is 26.2 Å². The van der Waals surface area contributed by atoms with Crippen LogP contribution < -0.4 is 0 Å². The average Bonchev–Trinajstić information content (AvgIpc) is 2.00. The number of benzene rings is 1. The first-order chi connectivity index (χ1) is 6.71. The van der Waals surface area contributed by atoms with Crippen molar-refractivity contribution in [1.82, 2.24) is 0 Å². The third-order valence-electron chi connectivity index (χ3n) is 2.46. The molecule has 0 aliphatic heterocycles. The summed E-state index contributed by atoms with van der Waals surface area (Å²) in [6.45, 7) is 5.94. The predicted octanol–water partition coefficient (Wildman–Crippen LogP) is 2.32. The molecule has 0 saturated carbocycles. The van der Waals surface area contributed by atoms with Gasteiger partial charge in [0.2, 0.25) is 0 Å². The van der Waals surface area contributed by atoms with Crippen LogP contribution in [0.1, 0.15) is 25.0 Å². The Morgan fingerprint density at radius 1 is 1.13 bits per heavy atom. The Kier molecular flexibility index (Phi) is 3.24. The molecule has 0 aliphatic rings. The fourth-order valence-corrected chi connectivity index (χ4v) is 3.22. The van der Waals surface area contributed by atoms with Crippen LogP contribution in [0.15, 0.2) is 24.3 Å². The lowest BCUT2D eigenvalue weighted by molar-refractivity contribution is 0.552. The highest BCUT2D eigenvalue weighted by molar-refractivity contribution is 7.90. The molecule has 84 valence electrons. The molecule has 0 radical (unpaired) electrons. The summed E-state index contributed by atoms with van der Waals surface area (Å²) >= 11 is 0. The van der Waals surface area contributed by atoms with E-state index in [0.29, 0.717) is 0 Å². The molecule has 2 nitrogen and oxygen atoms in total. The van der Waals surface area contributed by atoms with Crippen molar-refractivity contribution in [3.63, 3.8) is 0 Å². The van der Waals surface area contributed by atoms with Gasteiger partial charge in [-0.05, 0) is 12.5 Å². The highest BCUT2D eigenvalue weighted by Crippen LogP contribution is 2.24. The molecule has 0 aliphatic carbocycles. The Morgan fingerprint density at radius 2 is 1.60 bits per heavy atom. The lowest BCUT2D eigenvalue weighted by atomic mass is 9.86. The van der Waals surface area contributed by atoms with E-state index in [1.807, 2.05) is 45.0 Å². The quantitative estimate of drug-likeness (QED) is 0.792. The van der Waals surface area contributed by atoms with E-state index in [2.05, 4.69) is 0 Å². The molecule has 3 heteroatoms. The summed E-state index contributed by atoms with van der Waals surface area (Å²) in [5.41, 5.74) is 1.94. The number of aryl methyl sites for hydroxylation is 1. The number of sulfone groups is 1. The Bertz CT molecular complexity index is 427. The van der Waals surface area contributed by atoms with E-state index in [-0.39, 0.29) is 11.2 Å². The third-order valence-corrected chi connectivity index (χ3v) is 3.70. The van der Waals surface area contributed by atoms with Gasteiger partial charge < -0.3 is 0 Å². The maximum Gasteiger partial charge on any atom is 0.148 e. The summed E-state index contributed by atoms with van der Waals surface area (Å²) in [5, 5.41) is 0. The molecule has 0 bridgehead atoms. The van der Waals surface area contributed by atoms with E-state index in [1.54, 1.807) is 0 Å². The Hall–Kier alpha value is -0.830. The normalized spacial score (nSPS) is 12.8. The van der Waals surface area contributed by atoms with Gasteiger partial charge in [-0.25, -0.2) is 8.42 Å². The van der Waals surface area contributed by atoms with Crippen LogP contribution in [0, 0.1) is 6.92 Å². The topological polar surface area (TPSA) is 34.1 Å². The molecular weight excluding hydrogens is 208 g/mol. The van der Waals surface area contributed by atoms with Gasteiger partial charge in [0.25, 0.3) is 0 Å². The zero-order valence-electron chi connectivity index (χ0n) is 9.74. The van der Waals surface area contributed by atoms with Crippen molar-refractivity contribution in [3.05, 3.63) is 35.4 Å². The predicted molar refractivity (Wildman–Crippen MR) is 63.9 cm³/mol. The van der Waals surface area contributed by atoms with Gasteiger partial charge in [-0.3, -0.25) is 0 Å². The highest BCUT2D eigenvalue weighted by Gasteiger charge is 2.25. The first-order valence-corrected chi connectivity index (χ1v) is 7.02. The maximum absolute atomic E-state index is 11.3. The second kappa shape index (κ2) is 3.97. The summed E-state index contributed by atoms with van der Waals surface area (Å²) < 4.78 is 22.6. The van der Waals surface area contributed by atoms with Crippen molar-refractivity contribution in [3.8, 4) is 0 Å². The third kappa shape index (κ3) is 3.67. The SMILES string of the molecule is Cc1ccc(C(C)(C)CS(C)(=O)=O)cc1. The van der Waals surface area contributed by atoms with E-state index in [4.69, 9.17) is 0 Å². The van der Waals surface area contributed by atoms with Gasteiger partial charge in [-0.1, -0.05) is 43.7 Å². The van der Waals surface area contributed by atoms with Crippen LogP contribution in [-0.2, 0) is 15.3 Å². The van der Waals surface area contributed by atoms with Gasteiger partial charge in [0.15, 0.2) is 0 Å². The standard InChI is InChI=1S/C12H18O2S/c1-10-5-7-11(8-6-10)12(2,3)9-15(4,13)14/h5-8H,9H2,1-4H3. The Morgan fingerprint density at radius 3 is 2.00 bits per heavy atom. The zero-order chi connectivity index (χ0) is 11.7. The van der Waals surface area contributed by atoms with Gasteiger partial charge in [0, 0.05) is 11.7 Å². The molecule has 0 aromatic heterocycles. The molecule has 15 heavy (non-hydrogen) atoms. The molecule has 1 aromatic carbocycles. The molecule has 0 spiro atoms. The van der Waals surface area contributed by atoms with Gasteiger partial charge >= 0.3 is 0 Å². The van der Waals surface area contributed by atoms with Crippen LogP contribution in [0.3, 0.4) is 0 Å². The van der Waals surface area contributed by atoms with Crippen molar-refractivity contribution in [1.29, 1.82) is 0 Å². The van der Waals surface area contributed by atoms with Crippen LogP contribution in [0.25, 0.3) is 0 Å².